The number of nitro benzene ring substituents is 1. The van der Waals surface area contributed by atoms with Gasteiger partial charge in [0.05, 0.1) is 32.3 Å². The minimum atomic E-state index is -0.991. The van der Waals surface area contributed by atoms with Crippen molar-refractivity contribution in [2.75, 3.05) is 6.61 Å². The van der Waals surface area contributed by atoms with Crippen molar-refractivity contribution < 1.29 is 24.3 Å². The summed E-state index contributed by atoms with van der Waals surface area (Å²) in [6.07, 6.45) is 1.68. The lowest BCUT2D eigenvalue weighted by Crippen LogP contribution is -2.03. The van der Waals surface area contributed by atoms with Crippen molar-refractivity contribution >= 4 is 45.9 Å². The van der Waals surface area contributed by atoms with E-state index in [1.807, 2.05) is 13.0 Å². The highest BCUT2D eigenvalue weighted by molar-refractivity contribution is 14.1. The van der Waals surface area contributed by atoms with Crippen LogP contribution in [-0.4, -0.2) is 22.6 Å². The highest BCUT2D eigenvalue weighted by Crippen LogP contribution is 2.36. The fourth-order valence-electron chi connectivity index (χ4n) is 3.08. The summed E-state index contributed by atoms with van der Waals surface area (Å²) in [4.78, 5) is 21.4. The smallest absolute Gasteiger partial charge is 0.335 e. The van der Waals surface area contributed by atoms with Gasteiger partial charge in [-0.05, 0) is 88.7 Å². The average molecular weight is 570 g/mol. The molecule has 0 radical (unpaired) electrons. The molecule has 3 aromatic rings. The van der Waals surface area contributed by atoms with E-state index in [4.69, 9.17) is 14.6 Å². The maximum Gasteiger partial charge on any atom is 0.335 e. The second kappa shape index (κ2) is 11.3. The third-order valence-electron chi connectivity index (χ3n) is 4.74. The van der Waals surface area contributed by atoms with E-state index in [9.17, 15) is 20.2 Å². The van der Waals surface area contributed by atoms with Crippen LogP contribution in [0.15, 0.2) is 60.7 Å². The molecule has 0 unspecified atom stereocenters. The Morgan fingerprint density at radius 3 is 2.32 bits per heavy atom. The van der Waals surface area contributed by atoms with Gasteiger partial charge >= 0.3 is 5.97 Å². The molecule has 0 aromatic heterocycles. The van der Waals surface area contributed by atoms with E-state index in [1.54, 1.807) is 24.3 Å². The lowest BCUT2D eigenvalue weighted by atomic mass is 10.0. The molecule has 34 heavy (non-hydrogen) atoms. The summed E-state index contributed by atoms with van der Waals surface area (Å²) >= 11 is 2.12. The Hall–Kier alpha value is -3.91. The quantitative estimate of drug-likeness (QED) is 0.111. The standard InChI is InChI=1S/C25H19IN2O6/c1-2-33-23-13-17(11-20(14-27)18-7-9-21(10-8-18)28(31)32)12-22(26)24(23)34-15-16-3-5-19(6-4-16)25(29)30/h3-13H,2,15H2,1H3,(H,29,30)/b20-11+. The zero-order valence-corrected chi connectivity index (χ0v) is 20.2. The Balaban J connectivity index is 1.87. The second-order valence-electron chi connectivity index (χ2n) is 7.03. The van der Waals surface area contributed by atoms with E-state index in [0.717, 1.165) is 9.13 Å². The van der Waals surface area contributed by atoms with Crippen LogP contribution in [0.4, 0.5) is 5.69 Å². The highest BCUT2D eigenvalue weighted by atomic mass is 127. The number of allylic oxidation sites excluding steroid dienone is 1. The number of carboxylic acids is 1. The molecular formula is C25H19IN2O6. The minimum Gasteiger partial charge on any atom is -0.490 e. The molecule has 0 spiro atoms. The highest BCUT2D eigenvalue weighted by Gasteiger charge is 2.14. The van der Waals surface area contributed by atoms with Gasteiger partial charge in [-0.15, -0.1) is 0 Å². The largest absolute Gasteiger partial charge is 0.490 e. The van der Waals surface area contributed by atoms with Gasteiger partial charge in [0.1, 0.15) is 6.61 Å². The van der Waals surface area contributed by atoms with Gasteiger partial charge in [-0.2, -0.15) is 5.26 Å². The molecule has 0 aliphatic heterocycles. The predicted octanol–water partition coefficient (Wildman–Crippen LogP) is 5.94. The first-order chi connectivity index (χ1) is 16.3. The zero-order valence-electron chi connectivity index (χ0n) is 18.0. The van der Waals surface area contributed by atoms with Gasteiger partial charge in [-0.3, -0.25) is 10.1 Å². The Morgan fingerprint density at radius 2 is 1.76 bits per heavy atom. The number of hydrogen-bond donors (Lipinski definition) is 1. The van der Waals surface area contributed by atoms with Gasteiger partial charge in [0, 0.05) is 12.1 Å². The van der Waals surface area contributed by atoms with Crippen LogP contribution in [0.1, 0.15) is 34.0 Å². The molecule has 9 heteroatoms. The van der Waals surface area contributed by atoms with Crippen molar-refractivity contribution in [2.24, 2.45) is 0 Å². The number of rotatable bonds is 9. The van der Waals surface area contributed by atoms with Gasteiger partial charge in [0.15, 0.2) is 11.5 Å². The lowest BCUT2D eigenvalue weighted by molar-refractivity contribution is -0.384. The molecule has 0 saturated heterocycles. The third kappa shape index (κ3) is 6.11. The average Bonchev–Trinajstić information content (AvgIpc) is 2.82. The molecule has 172 valence electrons. The second-order valence-corrected chi connectivity index (χ2v) is 8.19. The molecule has 0 amide bonds. The summed E-state index contributed by atoms with van der Waals surface area (Å²) in [6.45, 7) is 2.47. The molecule has 0 bridgehead atoms. The van der Waals surface area contributed by atoms with Gasteiger partial charge in [-0.1, -0.05) is 12.1 Å². The van der Waals surface area contributed by atoms with Crippen molar-refractivity contribution in [3.8, 4) is 17.6 Å². The van der Waals surface area contributed by atoms with Crippen molar-refractivity contribution in [1.29, 1.82) is 5.26 Å². The fourth-order valence-corrected chi connectivity index (χ4v) is 3.86. The molecule has 3 rings (SSSR count). The van der Waals surface area contributed by atoms with Crippen LogP contribution in [0.25, 0.3) is 11.6 Å². The number of nitriles is 1. The summed E-state index contributed by atoms with van der Waals surface area (Å²) in [5.74, 6) is 0.0503. The number of non-ortho nitro benzene ring substituents is 1. The topological polar surface area (TPSA) is 123 Å². The maximum absolute atomic E-state index is 11.0. The first-order valence-electron chi connectivity index (χ1n) is 10.1. The molecule has 0 heterocycles. The van der Waals surface area contributed by atoms with Crippen molar-refractivity contribution in [1.82, 2.24) is 0 Å². The van der Waals surface area contributed by atoms with E-state index < -0.39 is 10.9 Å². The van der Waals surface area contributed by atoms with Crippen LogP contribution in [0.5, 0.6) is 11.5 Å². The van der Waals surface area contributed by atoms with Gasteiger partial charge in [0.2, 0.25) is 0 Å². The van der Waals surface area contributed by atoms with Gasteiger partial charge in [0.25, 0.3) is 5.69 Å². The fraction of sp³-hybridized carbons (Fsp3) is 0.120. The van der Waals surface area contributed by atoms with Crippen LogP contribution in [0.2, 0.25) is 0 Å². The van der Waals surface area contributed by atoms with E-state index >= 15 is 0 Å². The number of nitrogens with zero attached hydrogens (tertiary/aromatic N) is 2. The summed E-state index contributed by atoms with van der Waals surface area (Å²) < 4.78 is 12.5. The van der Waals surface area contributed by atoms with E-state index in [1.165, 1.54) is 36.4 Å². The van der Waals surface area contributed by atoms with Crippen LogP contribution >= 0.6 is 22.6 Å². The normalized spacial score (nSPS) is 10.9. The Kier molecular flexibility index (Phi) is 8.21. The molecule has 3 aromatic carbocycles. The zero-order chi connectivity index (χ0) is 24.7. The molecule has 0 saturated carbocycles. The van der Waals surface area contributed by atoms with Gasteiger partial charge in [-0.25, -0.2) is 4.79 Å². The maximum atomic E-state index is 11.0. The number of ether oxygens (including phenoxy) is 2. The number of carboxylic acid groups (broad SMARTS) is 1. The SMILES string of the molecule is CCOc1cc(/C=C(\C#N)c2ccc([N+](=O)[O-])cc2)cc(I)c1OCc1ccc(C(=O)O)cc1. The van der Waals surface area contributed by atoms with Gasteiger partial charge < -0.3 is 14.6 Å². The van der Waals surface area contributed by atoms with Crippen LogP contribution < -0.4 is 9.47 Å². The van der Waals surface area contributed by atoms with Crippen LogP contribution in [0, 0.1) is 25.0 Å². The summed E-state index contributed by atoms with van der Waals surface area (Å²) in [5, 5.41) is 29.5. The Labute approximate surface area is 209 Å². The number of aromatic carboxylic acids is 1. The predicted molar refractivity (Wildman–Crippen MR) is 135 cm³/mol. The van der Waals surface area contributed by atoms with Crippen molar-refractivity contribution in [2.45, 2.75) is 13.5 Å². The minimum absolute atomic E-state index is 0.0478. The Morgan fingerprint density at radius 1 is 1.12 bits per heavy atom. The monoisotopic (exact) mass is 570 g/mol. The Bertz CT molecular complexity index is 1280. The molecule has 1 N–H and O–H groups in total. The van der Waals surface area contributed by atoms with Crippen LogP contribution in [-0.2, 0) is 6.61 Å². The first-order valence-corrected chi connectivity index (χ1v) is 11.2. The number of halogens is 1. The van der Waals surface area contributed by atoms with E-state index in [2.05, 4.69) is 28.7 Å². The van der Waals surface area contributed by atoms with E-state index in [0.29, 0.717) is 34.8 Å². The lowest BCUT2D eigenvalue weighted by Gasteiger charge is -2.15. The first kappa shape index (κ1) is 24.7. The number of carbonyl (C=O) groups is 1. The summed E-state index contributed by atoms with van der Waals surface area (Å²) in [6, 6.07) is 17.9. The molecule has 0 atom stereocenters. The summed E-state index contributed by atoms with van der Waals surface area (Å²) in [7, 11) is 0. The number of hydrogen-bond acceptors (Lipinski definition) is 6. The molecule has 0 aliphatic rings. The molecule has 8 nitrogen and oxygen atoms in total. The van der Waals surface area contributed by atoms with Crippen molar-refractivity contribution in [3.63, 3.8) is 0 Å². The number of benzene rings is 3. The summed E-state index contributed by atoms with van der Waals surface area (Å²) in [5.41, 5.74) is 2.57. The van der Waals surface area contributed by atoms with Crippen molar-refractivity contribution in [3.05, 3.63) is 96.6 Å². The molecular weight excluding hydrogens is 551 g/mol. The molecule has 0 aliphatic carbocycles. The third-order valence-corrected chi connectivity index (χ3v) is 5.54. The van der Waals surface area contributed by atoms with E-state index in [-0.39, 0.29) is 17.9 Å². The number of nitro groups is 1. The molecule has 0 fully saturated rings. The van der Waals surface area contributed by atoms with Crippen LogP contribution in [0.3, 0.4) is 0 Å².